The summed E-state index contributed by atoms with van der Waals surface area (Å²) in [5.74, 6) is -1.88. The largest absolute Gasteiger partial charge is 0.505 e. The molecule has 0 unspecified atom stereocenters. The molecule has 176 valence electrons. The van der Waals surface area contributed by atoms with Gasteiger partial charge >= 0.3 is 0 Å². The summed E-state index contributed by atoms with van der Waals surface area (Å²) in [4.78, 5) is 25.6. The zero-order valence-electron chi connectivity index (χ0n) is 19.0. The highest BCUT2D eigenvalue weighted by Crippen LogP contribution is 2.39. The van der Waals surface area contributed by atoms with Crippen molar-refractivity contribution >= 4 is 44.7 Å². The molecule has 4 N–H and O–H groups in total. The molecule has 0 saturated carbocycles. The first-order chi connectivity index (χ1) is 17.0. The highest BCUT2D eigenvalue weighted by atomic mass is 16.3. The van der Waals surface area contributed by atoms with E-state index in [1.807, 2.05) is 0 Å². The van der Waals surface area contributed by atoms with Crippen LogP contribution >= 0.6 is 0 Å². The minimum atomic E-state index is -0.621. The number of amides is 2. The molecule has 4 aromatic rings. The summed E-state index contributed by atoms with van der Waals surface area (Å²) in [5, 5.41) is 44.4. The molecule has 0 aliphatic heterocycles. The molecule has 0 heterocycles. The Balaban J connectivity index is 1.55. The molecular weight excluding hydrogens is 448 g/mol. The SMILES string of the molecule is C/N=N/c1c(O)c(C(=O)NCNC(=O)c2cc3ccccc3c(/N=N/C)c2O)cc2ccccc12. The molecule has 10 heteroatoms. The number of carbonyl (C=O) groups excluding carboxylic acids is 2. The standard InChI is InChI=1S/C25H22N6O4/c1-26-30-20-16-9-5-3-7-14(16)11-18(22(20)32)24(34)28-13-29-25(35)19-12-15-8-4-6-10-17(15)21(23(19)33)31-27-2/h3-12,32-33H,13H2,1-2H3,(H,28,34)(H,29,35)/b30-26+,31-27+. The molecule has 0 aliphatic carbocycles. The number of nitrogens with zero attached hydrogens (tertiary/aromatic N) is 4. The van der Waals surface area contributed by atoms with E-state index < -0.39 is 11.8 Å². The Hall–Kier alpha value is -4.86. The third-order valence-corrected chi connectivity index (χ3v) is 5.38. The number of nitrogens with one attached hydrogen (secondary N) is 2. The molecule has 0 saturated heterocycles. The van der Waals surface area contributed by atoms with E-state index in [1.54, 1.807) is 48.5 Å². The molecule has 0 aromatic heterocycles. The Morgan fingerprint density at radius 3 is 1.51 bits per heavy atom. The van der Waals surface area contributed by atoms with Gasteiger partial charge in [0.2, 0.25) is 0 Å². The number of rotatable bonds is 6. The number of benzene rings is 4. The van der Waals surface area contributed by atoms with Gasteiger partial charge in [0.05, 0.1) is 17.8 Å². The van der Waals surface area contributed by atoms with Crippen LogP contribution in [0, 0.1) is 0 Å². The van der Waals surface area contributed by atoms with Crippen molar-refractivity contribution in [2.24, 2.45) is 20.5 Å². The first-order valence-corrected chi connectivity index (χ1v) is 10.6. The minimum absolute atomic E-state index is 0.0143. The van der Waals surface area contributed by atoms with E-state index in [1.165, 1.54) is 26.2 Å². The summed E-state index contributed by atoms with van der Waals surface area (Å²) in [5.41, 5.74) is 0.330. The van der Waals surface area contributed by atoms with Crippen LogP contribution in [0.2, 0.25) is 0 Å². The Morgan fingerprint density at radius 1 is 0.714 bits per heavy atom. The monoisotopic (exact) mass is 470 g/mol. The van der Waals surface area contributed by atoms with Gasteiger partial charge in [-0.05, 0) is 22.9 Å². The lowest BCUT2D eigenvalue weighted by molar-refractivity contribution is 0.0918. The summed E-state index contributed by atoms with van der Waals surface area (Å²) < 4.78 is 0. The van der Waals surface area contributed by atoms with Crippen molar-refractivity contribution in [1.82, 2.24) is 10.6 Å². The number of phenolic OH excluding ortho intramolecular Hbond substituents is 2. The van der Waals surface area contributed by atoms with Crippen molar-refractivity contribution in [2.75, 3.05) is 20.8 Å². The first-order valence-electron chi connectivity index (χ1n) is 10.6. The predicted octanol–water partition coefficient (Wildman–Crippen LogP) is 4.95. The van der Waals surface area contributed by atoms with Crippen molar-refractivity contribution in [3.8, 4) is 11.5 Å². The van der Waals surface area contributed by atoms with Gasteiger partial charge in [0.15, 0.2) is 11.5 Å². The number of hydrogen-bond donors (Lipinski definition) is 4. The second kappa shape index (κ2) is 9.96. The Bertz CT molecular complexity index is 1400. The fraction of sp³-hybridized carbons (Fsp3) is 0.120. The maximum absolute atomic E-state index is 12.8. The number of azo groups is 2. The normalized spacial score (nSPS) is 11.5. The lowest BCUT2D eigenvalue weighted by atomic mass is 10.0. The van der Waals surface area contributed by atoms with E-state index in [2.05, 4.69) is 31.1 Å². The molecule has 0 radical (unpaired) electrons. The van der Waals surface area contributed by atoms with Crippen molar-refractivity contribution in [2.45, 2.75) is 0 Å². The second-order valence-electron chi connectivity index (χ2n) is 7.47. The van der Waals surface area contributed by atoms with Gasteiger partial charge in [-0.15, -0.1) is 0 Å². The van der Waals surface area contributed by atoms with Gasteiger partial charge in [0.25, 0.3) is 11.8 Å². The molecule has 0 spiro atoms. The molecule has 0 aliphatic rings. The van der Waals surface area contributed by atoms with Crippen LogP contribution in [-0.4, -0.2) is 42.8 Å². The van der Waals surface area contributed by atoms with Crippen LogP contribution in [0.25, 0.3) is 21.5 Å². The molecular formula is C25H22N6O4. The van der Waals surface area contributed by atoms with Gasteiger partial charge < -0.3 is 20.8 Å². The van der Waals surface area contributed by atoms with E-state index in [9.17, 15) is 19.8 Å². The van der Waals surface area contributed by atoms with E-state index in [0.29, 0.717) is 21.5 Å². The average molecular weight is 470 g/mol. The molecule has 0 atom stereocenters. The molecule has 35 heavy (non-hydrogen) atoms. The second-order valence-corrected chi connectivity index (χ2v) is 7.47. The number of hydrogen-bond acceptors (Lipinski definition) is 8. The van der Waals surface area contributed by atoms with Crippen LogP contribution in [-0.2, 0) is 0 Å². The van der Waals surface area contributed by atoms with Gasteiger partial charge in [0, 0.05) is 24.9 Å². The zero-order valence-corrected chi connectivity index (χ0v) is 19.0. The smallest absolute Gasteiger partial charge is 0.256 e. The highest BCUT2D eigenvalue weighted by Gasteiger charge is 2.20. The Labute approximate surface area is 200 Å². The number of fused-ring (bicyclic) bond motifs is 2. The van der Waals surface area contributed by atoms with Crippen LogP contribution in [0.15, 0.2) is 81.1 Å². The molecule has 4 aromatic carbocycles. The third-order valence-electron chi connectivity index (χ3n) is 5.38. The lowest BCUT2D eigenvalue weighted by Crippen LogP contribution is -2.37. The number of carbonyl (C=O) groups is 2. The van der Waals surface area contributed by atoms with Gasteiger partial charge in [-0.1, -0.05) is 48.5 Å². The molecule has 0 fully saturated rings. The van der Waals surface area contributed by atoms with Crippen LogP contribution < -0.4 is 10.6 Å². The van der Waals surface area contributed by atoms with Crippen molar-refractivity contribution < 1.29 is 19.8 Å². The van der Waals surface area contributed by atoms with Crippen LogP contribution in [0.5, 0.6) is 11.5 Å². The van der Waals surface area contributed by atoms with Gasteiger partial charge in [-0.3, -0.25) is 9.59 Å². The summed E-state index contributed by atoms with van der Waals surface area (Å²) in [7, 11) is 2.93. The lowest BCUT2D eigenvalue weighted by Gasteiger charge is -2.13. The highest BCUT2D eigenvalue weighted by molar-refractivity contribution is 6.08. The van der Waals surface area contributed by atoms with Gasteiger partial charge in [0.1, 0.15) is 11.4 Å². The quantitative estimate of drug-likeness (QED) is 0.233. The molecule has 4 rings (SSSR count). The van der Waals surface area contributed by atoms with Gasteiger partial charge in [-0.2, -0.15) is 20.5 Å². The fourth-order valence-corrected chi connectivity index (χ4v) is 3.78. The average Bonchev–Trinajstić information content (AvgIpc) is 2.87. The molecule has 10 nitrogen and oxygen atoms in total. The van der Waals surface area contributed by atoms with E-state index in [4.69, 9.17) is 0 Å². The third kappa shape index (κ3) is 4.49. The minimum Gasteiger partial charge on any atom is -0.505 e. The van der Waals surface area contributed by atoms with E-state index in [-0.39, 0.29) is 40.7 Å². The van der Waals surface area contributed by atoms with Crippen LogP contribution in [0.3, 0.4) is 0 Å². The zero-order chi connectivity index (χ0) is 24.9. The van der Waals surface area contributed by atoms with Crippen molar-refractivity contribution in [3.63, 3.8) is 0 Å². The summed E-state index contributed by atoms with van der Waals surface area (Å²) in [6.07, 6.45) is 0. The Morgan fingerprint density at radius 2 is 1.11 bits per heavy atom. The summed E-state index contributed by atoms with van der Waals surface area (Å²) >= 11 is 0. The topological polar surface area (TPSA) is 148 Å². The van der Waals surface area contributed by atoms with Crippen molar-refractivity contribution in [3.05, 3.63) is 71.8 Å². The number of phenols is 2. The maximum Gasteiger partial charge on any atom is 0.256 e. The van der Waals surface area contributed by atoms with Crippen molar-refractivity contribution in [1.29, 1.82) is 0 Å². The van der Waals surface area contributed by atoms with E-state index in [0.717, 1.165) is 0 Å². The molecule has 2 amide bonds. The maximum atomic E-state index is 12.8. The van der Waals surface area contributed by atoms with Crippen LogP contribution in [0.1, 0.15) is 20.7 Å². The van der Waals surface area contributed by atoms with Gasteiger partial charge in [-0.25, -0.2) is 0 Å². The van der Waals surface area contributed by atoms with E-state index >= 15 is 0 Å². The summed E-state index contributed by atoms with van der Waals surface area (Å²) in [6.45, 7) is -0.258. The molecule has 0 bridgehead atoms. The van der Waals surface area contributed by atoms with Crippen LogP contribution in [0.4, 0.5) is 11.4 Å². The summed E-state index contributed by atoms with van der Waals surface area (Å²) in [6, 6.07) is 17.4. The Kier molecular flexibility index (Phi) is 6.63. The predicted molar refractivity (Wildman–Crippen MR) is 132 cm³/mol. The fourth-order valence-electron chi connectivity index (χ4n) is 3.78. The number of aromatic hydroxyl groups is 2. The first kappa shape index (κ1) is 23.3.